The SMILES string of the molecule is CC[C@H](C)N1C(=O)[C@](O)([C@H]2COC(C)(C)CC2=O)c2ccccc21. The van der Waals surface area contributed by atoms with Crippen molar-refractivity contribution < 1.29 is 19.4 Å². The first-order valence-electron chi connectivity index (χ1n) is 8.54. The van der Waals surface area contributed by atoms with Gasteiger partial charge in [-0.05, 0) is 33.3 Å². The zero-order valence-corrected chi connectivity index (χ0v) is 14.7. The number of para-hydroxylation sites is 1. The van der Waals surface area contributed by atoms with Crippen LogP contribution in [0.3, 0.4) is 0 Å². The Morgan fingerprint density at radius 2 is 2.00 bits per heavy atom. The van der Waals surface area contributed by atoms with Gasteiger partial charge in [-0.15, -0.1) is 0 Å². The highest BCUT2D eigenvalue weighted by molar-refractivity contribution is 6.10. The van der Waals surface area contributed by atoms with E-state index in [1.165, 1.54) is 0 Å². The molecule has 3 rings (SSSR count). The molecule has 0 saturated carbocycles. The van der Waals surface area contributed by atoms with Crippen molar-refractivity contribution in [3.63, 3.8) is 0 Å². The van der Waals surface area contributed by atoms with Crippen molar-refractivity contribution in [1.29, 1.82) is 0 Å². The Morgan fingerprint density at radius 1 is 1.33 bits per heavy atom. The molecule has 0 spiro atoms. The molecule has 5 heteroatoms. The topological polar surface area (TPSA) is 66.8 Å². The number of anilines is 1. The fraction of sp³-hybridized carbons (Fsp3) is 0.579. The Hall–Kier alpha value is -1.72. The van der Waals surface area contributed by atoms with Crippen LogP contribution in [0.5, 0.6) is 0 Å². The van der Waals surface area contributed by atoms with E-state index in [0.29, 0.717) is 11.3 Å². The third-order valence-corrected chi connectivity index (χ3v) is 5.28. The van der Waals surface area contributed by atoms with Gasteiger partial charge in [-0.2, -0.15) is 0 Å². The molecule has 0 radical (unpaired) electrons. The van der Waals surface area contributed by atoms with E-state index < -0.39 is 23.0 Å². The summed E-state index contributed by atoms with van der Waals surface area (Å²) in [5, 5.41) is 11.4. The molecule has 1 amide bonds. The number of hydrogen-bond donors (Lipinski definition) is 1. The van der Waals surface area contributed by atoms with Gasteiger partial charge in [0.25, 0.3) is 5.91 Å². The van der Waals surface area contributed by atoms with E-state index >= 15 is 0 Å². The first-order valence-corrected chi connectivity index (χ1v) is 8.54. The summed E-state index contributed by atoms with van der Waals surface area (Å²) in [6.07, 6.45) is 0.955. The summed E-state index contributed by atoms with van der Waals surface area (Å²) < 4.78 is 5.76. The minimum Gasteiger partial charge on any atom is -0.375 e. The fourth-order valence-corrected chi connectivity index (χ4v) is 3.72. The van der Waals surface area contributed by atoms with E-state index in [1.54, 1.807) is 17.0 Å². The predicted octanol–water partition coefficient (Wildman–Crippen LogP) is 2.40. The molecular weight excluding hydrogens is 306 g/mol. The van der Waals surface area contributed by atoms with Crippen LogP contribution in [0.1, 0.15) is 46.1 Å². The zero-order valence-electron chi connectivity index (χ0n) is 14.7. The minimum absolute atomic E-state index is 0.0521. The number of aliphatic hydroxyl groups is 1. The van der Waals surface area contributed by atoms with Gasteiger partial charge in [0.15, 0.2) is 5.60 Å². The van der Waals surface area contributed by atoms with Gasteiger partial charge >= 0.3 is 0 Å². The van der Waals surface area contributed by atoms with Gasteiger partial charge in [0, 0.05) is 18.0 Å². The standard InChI is InChI=1S/C19H25NO4/c1-5-12(2)20-15-9-7-6-8-13(15)19(23,17(20)22)14-11-24-18(3,4)10-16(14)21/h6-9,12,14,23H,5,10-11H2,1-4H3/t12-,14-,19+/m0/s1. The molecular formula is C19H25NO4. The number of ketones is 1. The third kappa shape index (κ3) is 2.38. The predicted molar refractivity (Wildman–Crippen MR) is 90.7 cm³/mol. The number of amides is 1. The molecule has 1 fully saturated rings. The van der Waals surface area contributed by atoms with Gasteiger partial charge in [0.05, 0.1) is 23.8 Å². The van der Waals surface area contributed by atoms with Crippen molar-refractivity contribution in [3.05, 3.63) is 29.8 Å². The lowest BCUT2D eigenvalue weighted by Crippen LogP contribution is -2.55. The van der Waals surface area contributed by atoms with Gasteiger partial charge in [0.1, 0.15) is 5.78 Å². The third-order valence-electron chi connectivity index (χ3n) is 5.28. The monoisotopic (exact) mass is 331 g/mol. The number of Topliss-reactive ketones (excluding diaryl/α,β-unsaturated/α-hetero) is 1. The molecule has 0 bridgehead atoms. The van der Waals surface area contributed by atoms with Crippen LogP contribution in [-0.4, -0.2) is 35.0 Å². The van der Waals surface area contributed by atoms with E-state index in [4.69, 9.17) is 4.74 Å². The van der Waals surface area contributed by atoms with Crippen LogP contribution in [0.4, 0.5) is 5.69 Å². The summed E-state index contributed by atoms with van der Waals surface area (Å²) in [6, 6.07) is 7.15. The second-order valence-corrected chi connectivity index (χ2v) is 7.48. The summed E-state index contributed by atoms with van der Waals surface area (Å²) in [4.78, 5) is 27.5. The lowest BCUT2D eigenvalue weighted by atomic mass is 9.76. The molecule has 0 unspecified atom stereocenters. The average Bonchev–Trinajstić information content (AvgIpc) is 2.75. The van der Waals surface area contributed by atoms with E-state index in [-0.39, 0.29) is 24.9 Å². The molecule has 1 N–H and O–H groups in total. The molecule has 0 aromatic heterocycles. The largest absolute Gasteiger partial charge is 0.375 e. The fourth-order valence-electron chi connectivity index (χ4n) is 3.72. The maximum Gasteiger partial charge on any atom is 0.264 e. The van der Waals surface area contributed by atoms with Crippen LogP contribution in [0, 0.1) is 5.92 Å². The van der Waals surface area contributed by atoms with E-state index in [1.807, 2.05) is 39.8 Å². The van der Waals surface area contributed by atoms with Crippen LogP contribution in [0.25, 0.3) is 0 Å². The molecule has 0 aliphatic carbocycles. The van der Waals surface area contributed by atoms with Crippen LogP contribution in [0.2, 0.25) is 0 Å². The van der Waals surface area contributed by atoms with E-state index in [9.17, 15) is 14.7 Å². The van der Waals surface area contributed by atoms with Crippen molar-refractivity contribution in [2.24, 2.45) is 5.92 Å². The second-order valence-electron chi connectivity index (χ2n) is 7.48. The molecule has 1 aromatic rings. The summed E-state index contributed by atoms with van der Waals surface area (Å²) in [7, 11) is 0. The normalized spacial score (nSPS) is 30.4. The number of carbonyl (C=O) groups is 2. The Morgan fingerprint density at radius 3 is 2.62 bits per heavy atom. The summed E-state index contributed by atoms with van der Waals surface area (Å²) in [5.41, 5.74) is -1.19. The lowest BCUT2D eigenvalue weighted by molar-refractivity contribution is -0.172. The number of hydrogen-bond acceptors (Lipinski definition) is 4. The van der Waals surface area contributed by atoms with Crippen molar-refractivity contribution in [2.75, 3.05) is 11.5 Å². The smallest absolute Gasteiger partial charge is 0.264 e. The highest BCUT2D eigenvalue weighted by atomic mass is 16.5. The number of rotatable bonds is 3. The van der Waals surface area contributed by atoms with Gasteiger partial charge in [-0.25, -0.2) is 0 Å². The first kappa shape index (κ1) is 17.1. The van der Waals surface area contributed by atoms with Crippen LogP contribution in [0.15, 0.2) is 24.3 Å². The van der Waals surface area contributed by atoms with Gasteiger partial charge in [-0.1, -0.05) is 25.1 Å². The van der Waals surface area contributed by atoms with Gasteiger partial charge < -0.3 is 14.7 Å². The highest BCUT2D eigenvalue weighted by Crippen LogP contribution is 2.48. The molecule has 2 aliphatic heterocycles. The molecule has 2 heterocycles. The van der Waals surface area contributed by atoms with Crippen molar-refractivity contribution in [2.45, 2.75) is 57.8 Å². The van der Waals surface area contributed by atoms with Crippen molar-refractivity contribution >= 4 is 17.4 Å². The molecule has 130 valence electrons. The second kappa shape index (κ2) is 5.67. The Labute approximate surface area is 142 Å². The van der Waals surface area contributed by atoms with Crippen LogP contribution in [-0.2, 0) is 19.9 Å². The first-order chi connectivity index (χ1) is 11.2. The quantitative estimate of drug-likeness (QED) is 0.923. The van der Waals surface area contributed by atoms with Crippen LogP contribution < -0.4 is 4.90 Å². The molecule has 3 atom stereocenters. The number of carbonyl (C=O) groups excluding carboxylic acids is 2. The number of ether oxygens (including phenoxy) is 1. The maximum absolute atomic E-state index is 13.2. The van der Waals surface area contributed by atoms with Gasteiger partial charge in [0.2, 0.25) is 0 Å². The summed E-state index contributed by atoms with van der Waals surface area (Å²) >= 11 is 0. The molecule has 1 saturated heterocycles. The Kier molecular flexibility index (Phi) is 4.04. The van der Waals surface area contributed by atoms with E-state index in [0.717, 1.165) is 6.42 Å². The summed E-state index contributed by atoms with van der Waals surface area (Å²) in [5.74, 6) is -1.41. The van der Waals surface area contributed by atoms with Crippen molar-refractivity contribution in [3.8, 4) is 0 Å². The molecule has 5 nitrogen and oxygen atoms in total. The Balaban J connectivity index is 2.07. The molecule has 2 aliphatic rings. The van der Waals surface area contributed by atoms with E-state index in [2.05, 4.69) is 0 Å². The average molecular weight is 331 g/mol. The number of nitrogens with zero attached hydrogens (tertiary/aromatic N) is 1. The lowest BCUT2D eigenvalue weighted by Gasteiger charge is -2.39. The minimum atomic E-state index is -1.84. The molecule has 24 heavy (non-hydrogen) atoms. The van der Waals surface area contributed by atoms with Gasteiger partial charge in [-0.3, -0.25) is 9.59 Å². The zero-order chi connectivity index (χ0) is 17.7. The highest BCUT2D eigenvalue weighted by Gasteiger charge is 2.59. The number of benzene rings is 1. The van der Waals surface area contributed by atoms with Crippen molar-refractivity contribution in [1.82, 2.24) is 0 Å². The number of fused-ring (bicyclic) bond motifs is 1. The molecule has 1 aromatic carbocycles. The Bertz CT molecular complexity index is 684. The summed E-state index contributed by atoms with van der Waals surface area (Å²) in [6.45, 7) is 7.69. The maximum atomic E-state index is 13.2. The van der Waals surface area contributed by atoms with Crippen LogP contribution >= 0.6 is 0 Å².